The number of halogens is 1. The lowest BCUT2D eigenvalue weighted by Gasteiger charge is -2.18. The molecule has 0 aliphatic heterocycles. The summed E-state index contributed by atoms with van der Waals surface area (Å²) in [6, 6.07) is 6.33. The van der Waals surface area contributed by atoms with E-state index in [-0.39, 0.29) is 12.0 Å². The van der Waals surface area contributed by atoms with Crippen LogP contribution >= 0.6 is 0 Å². The van der Waals surface area contributed by atoms with Crippen molar-refractivity contribution in [2.24, 2.45) is 5.73 Å². The lowest BCUT2D eigenvalue weighted by atomic mass is 9.90. The van der Waals surface area contributed by atoms with Gasteiger partial charge in [0.1, 0.15) is 11.6 Å². The number of aliphatic carboxylic acids is 1. The van der Waals surface area contributed by atoms with Crippen molar-refractivity contribution in [1.29, 1.82) is 0 Å². The van der Waals surface area contributed by atoms with Crippen molar-refractivity contribution >= 4 is 5.97 Å². The van der Waals surface area contributed by atoms with Crippen LogP contribution in [0.1, 0.15) is 34.7 Å². The van der Waals surface area contributed by atoms with Crippen LogP contribution in [0.2, 0.25) is 0 Å². The Balaban J connectivity index is 2.65. The molecular formula is C19H22FNO3. The van der Waals surface area contributed by atoms with Crippen LogP contribution in [-0.4, -0.2) is 18.2 Å². The maximum absolute atomic E-state index is 14.4. The number of carboxylic acid groups (broad SMARTS) is 1. The SMILES string of the molecule is COc1ccc(C)c(-c2cc(C)c(F)c([C@@H](N)CC(=O)O)c2)c1C. The molecule has 0 saturated carbocycles. The summed E-state index contributed by atoms with van der Waals surface area (Å²) in [5.74, 6) is -0.765. The van der Waals surface area contributed by atoms with E-state index in [9.17, 15) is 9.18 Å². The minimum absolute atomic E-state index is 0.217. The summed E-state index contributed by atoms with van der Waals surface area (Å²) < 4.78 is 19.8. The zero-order valence-corrected chi connectivity index (χ0v) is 14.3. The lowest BCUT2D eigenvalue weighted by molar-refractivity contribution is -0.137. The highest BCUT2D eigenvalue weighted by molar-refractivity contribution is 5.75. The molecule has 4 nitrogen and oxygen atoms in total. The first-order chi connectivity index (χ1) is 11.3. The van der Waals surface area contributed by atoms with Gasteiger partial charge in [0.15, 0.2) is 0 Å². The average molecular weight is 331 g/mol. The zero-order chi connectivity index (χ0) is 18.0. The molecular weight excluding hydrogens is 309 g/mol. The zero-order valence-electron chi connectivity index (χ0n) is 14.3. The summed E-state index contributed by atoms with van der Waals surface area (Å²) in [5, 5.41) is 8.93. The summed E-state index contributed by atoms with van der Waals surface area (Å²) in [6.45, 7) is 5.56. The maximum atomic E-state index is 14.4. The molecule has 0 radical (unpaired) electrons. The Labute approximate surface area is 141 Å². The van der Waals surface area contributed by atoms with Gasteiger partial charge in [-0.15, -0.1) is 0 Å². The van der Waals surface area contributed by atoms with Crippen LogP contribution in [0.5, 0.6) is 5.75 Å². The number of aryl methyl sites for hydroxylation is 2. The van der Waals surface area contributed by atoms with Crippen LogP contribution in [0.15, 0.2) is 24.3 Å². The maximum Gasteiger partial charge on any atom is 0.305 e. The van der Waals surface area contributed by atoms with Gasteiger partial charge in [-0.05, 0) is 66.8 Å². The molecule has 5 heteroatoms. The van der Waals surface area contributed by atoms with Crippen LogP contribution in [0.4, 0.5) is 4.39 Å². The molecule has 2 aromatic carbocycles. The number of hydrogen-bond acceptors (Lipinski definition) is 3. The lowest BCUT2D eigenvalue weighted by Crippen LogP contribution is -2.17. The third-order valence-corrected chi connectivity index (χ3v) is 4.21. The molecule has 0 fully saturated rings. The third-order valence-electron chi connectivity index (χ3n) is 4.21. The Bertz CT molecular complexity index is 787. The minimum atomic E-state index is -1.06. The third kappa shape index (κ3) is 3.41. The molecule has 0 heterocycles. The Kier molecular flexibility index (Phi) is 5.24. The van der Waals surface area contributed by atoms with Gasteiger partial charge < -0.3 is 15.6 Å². The van der Waals surface area contributed by atoms with E-state index in [0.29, 0.717) is 5.56 Å². The molecule has 1 atom stereocenters. The molecule has 3 N–H and O–H groups in total. The highest BCUT2D eigenvalue weighted by atomic mass is 19.1. The van der Waals surface area contributed by atoms with Gasteiger partial charge in [0, 0.05) is 11.6 Å². The molecule has 24 heavy (non-hydrogen) atoms. The van der Waals surface area contributed by atoms with Crippen molar-refractivity contribution < 1.29 is 19.0 Å². The van der Waals surface area contributed by atoms with E-state index in [1.165, 1.54) is 0 Å². The number of hydrogen-bond donors (Lipinski definition) is 2. The Hall–Kier alpha value is -2.40. The molecule has 0 bridgehead atoms. The quantitative estimate of drug-likeness (QED) is 0.871. The number of carboxylic acids is 1. The fourth-order valence-electron chi connectivity index (χ4n) is 3.00. The van der Waals surface area contributed by atoms with Crippen molar-refractivity contribution in [3.8, 4) is 16.9 Å². The number of nitrogens with two attached hydrogens (primary N) is 1. The second-order valence-corrected chi connectivity index (χ2v) is 5.99. The molecule has 2 aromatic rings. The van der Waals surface area contributed by atoms with Crippen LogP contribution in [0.3, 0.4) is 0 Å². The predicted molar refractivity (Wildman–Crippen MR) is 91.8 cm³/mol. The smallest absolute Gasteiger partial charge is 0.305 e. The van der Waals surface area contributed by atoms with Gasteiger partial charge in [-0.2, -0.15) is 0 Å². The minimum Gasteiger partial charge on any atom is -0.496 e. The second kappa shape index (κ2) is 7.01. The summed E-state index contributed by atoms with van der Waals surface area (Å²) in [6.07, 6.45) is -0.324. The van der Waals surface area contributed by atoms with Gasteiger partial charge in [-0.25, -0.2) is 4.39 Å². The number of ether oxygens (including phenoxy) is 1. The number of methoxy groups -OCH3 is 1. The van der Waals surface area contributed by atoms with E-state index in [1.54, 1.807) is 26.2 Å². The average Bonchev–Trinajstić information content (AvgIpc) is 2.50. The van der Waals surface area contributed by atoms with E-state index in [1.807, 2.05) is 26.0 Å². The molecule has 0 aromatic heterocycles. The Morgan fingerprint density at radius 1 is 1.25 bits per heavy atom. The van der Waals surface area contributed by atoms with E-state index in [4.69, 9.17) is 15.6 Å². The summed E-state index contributed by atoms with van der Waals surface area (Å²) >= 11 is 0. The fraction of sp³-hybridized carbons (Fsp3) is 0.316. The highest BCUT2D eigenvalue weighted by Crippen LogP contribution is 2.36. The van der Waals surface area contributed by atoms with Crippen molar-refractivity contribution in [2.45, 2.75) is 33.2 Å². The highest BCUT2D eigenvalue weighted by Gasteiger charge is 2.19. The van der Waals surface area contributed by atoms with Crippen molar-refractivity contribution in [3.63, 3.8) is 0 Å². The molecule has 0 amide bonds. The van der Waals surface area contributed by atoms with Gasteiger partial charge >= 0.3 is 5.97 Å². The molecule has 0 aliphatic carbocycles. The molecule has 0 spiro atoms. The van der Waals surface area contributed by atoms with Crippen molar-refractivity contribution in [3.05, 3.63) is 52.3 Å². The summed E-state index contributed by atoms with van der Waals surface area (Å²) in [7, 11) is 1.60. The van der Waals surface area contributed by atoms with Gasteiger partial charge in [-0.1, -0.05) is 6.07 Å². The van der Waals surface area contributed by atoms with Gasteiger partial charge in [-0.3, -0.25) is 4.79 Å². The normalized spacial score (nSPS) is 12.1. The molecule has 0 aliphatic rings. The summed E-state index contributed by atoms with van der Waals surface area (Å²) in [5.41, 5.74) is 10.3. The predicted octanol–water partition coefficient (Wildman–Crippen LogP) is 3.90. The molecule has 0 saturated heterocycles. The fourth-order valence-corrected chi connectivity index (χ4v) is 3.00. The molecule has 0 unspecified atom stereocenters. The Morgan fingerprint density at radius 2 is 1.92 bits per heavy atom. The molecule has 2 rings (SSSR count). The van der Waals surface area contributed by atoms with Gasteiger partial charge in [0.25, 0.3) is 0 Å². The summed E-state index contributed by atoms with van der Waals surface area (Å²) in [4.78, 5) is 10.9. The molecule has 128 valence electrons. The van der Waals surface area contributed by atoms with E-state index < -0.39 is 17.8 Å². The largest absolute Gasteiger partial charge is 0.496 e. The van der Waals surface area contributed by atoms with E-state index in [0.717, 1.165) is 28.0 Å². The van der Waals surface area contributed by atoms with E-state index >= 15 is 0 Å². The number of rotatable bonds is 5. The first kappa shape index (κ1) is 17.9. The van der Waals surface area contributed by atoms with Crippen LogP contribution in [-0.2, 0) is 4.79 Å². The van der Waals surface area contributed by atoms with Crippen molar-refractivity contribution in [2.75, 3.05) is 7.11 Å². The van der Waals surface area contributed by atoms with Crippen molar-refractivity contribution in [1.82, 2.24) is 0 Å². The monoisotopic (exact) mass is 331 g/mol. The topological polar surface area (TPSA) is 72.5 Å². The van der Waals surface area contributed by atoms with Crippen LogP contribution < -0.4 is 10.5 Å². The second-order valence-electron chi connectivity index (χ2n) is 5.99. The van der Waals surface area contributed by atoms with E-state index in [2.05, 4.69) is 0 Å². The van der Waals surface area contributed by atoms with Crippen LogP contribution in [0.25, 0.3) is 11.1 Å². The first-order valence-electron chi connectivity index (χ1n) is 7.68. The number of benzene rings is 2. The first-order valence-corrected chi connectivity index (χ1v) is 7.68. The van der Waals surface area contributed by atoms with Crippen LogP contribution in [0, 0.1) is 26.6 Å². The number of carbonyl (C=O) groups is 1. The standard InChI is InChI=1S/C19H22FNO3/c1-10-5-6-16(24-4)12(3)18(10)13-7-11(2)19(20)14(8-13)15(21)9-17(22)23/h5-8,15H,9,21H2,1-4H3,(H,22,23)/t15-/m0/s1. The van der Waals surface area contributed by atoms with Gasteiger partial charge in [0.05, 0.1) is 13.5 Å². The van der Waals surface area contributed by atoms with Gasteiger partial charge in [0.2, 0.25) is 0 Å². The Morgan fingerprint density at radius 3 is 2.50 bits per heavy atom.